The normalized spacial score (nSPS) is 11.5. The molecule has 1 atom stereocenters. The van der Waals surface area contributed by atoms with Gasteiger partial charge in [0.25, 0.3) is 5.91 Å². The summed E-state index contributed by atoms with van der Waals surface area (Å²) < 4.78 is 5.06. The summed E-state index contributed by atoms with van der Waals surface area (Å²) in [6, 6.07) is 7.25. The second-order valence-corrected chi connectivity index (χ2v) is 5.74. The van der Waals surface area contributed by atoms with Crippen LogP contribution in [0.3, 0.4) is 0 Å². The number of nitrogens with one attached hydrogen (secondary N) is 1. The molecule has 25 heavy (non-hydrogen) atoms. The number of nitrogens with two attached hydrogens (primary N) is 1. The fourth-order valence-corrected chi connectivity index (χ4v) is 2.05. The summed E-state index contributed by atoms with van der Waals surface area (Å²) in [6.07, 6.45) is 0.127. The number of anilines is 1. The molecular formula is C16H13Cl2N3O4. The molecule has 7 nitrogen and oxygen atoms in total. The summed E-state index contributed by atoms with van der Waals surface area (Å²) in [7, 11) is 0. The molecule has 1 aromatic carbocycles. The van der Waals surface area contributed by atoms with Crippen LogP contribution in [0.2, 0.25) is 10.2 Å². The lowest BCUT2D eigenvalue weighted by Gasteiger charge is -2.13. The van der Waals surface area contributed by atoms with E-state index in [1.807, 2.05) is 0 Å². The minimum Gasteiger partial charge on any atom is -0.449 e. The predicted molar refractivity (Wildman–Crippen MR) is 92.7 cm³/mol. The number of primary amides is 1. The number of aromatic nitrogens is 1. The molecule has 0 bridgehead atoms. The van der Waals surface area contributed by atoms with E-state index in [1.54, 1.807) is 0 Å². The highest BCUT2D eigenvalue weighted by Gasteiger charge is 2.20. The summed E-state index contributed by atoms with van der Waals surface area (Å²) in [5.41, 5.74) is 5.94. The quantitative estimate of drug-likeness (QED) is 0.610. The van der Waals surface area contributed by atoms with Gasteiger partial charge in [-0.3, -0.25) is 9.59 Å². The molecule has 2 amide bonds. The lowest BCUT2D eigenvalue weighted by molar-refractivity contribution is -0.123. The monoisotopic (exact) mass is 381 g/mol. The van der Waals surface area contributed by atoms with E-state index in [4.69, 9.17) is 33.7 Å². The first-order valence-corrected chi connectivity index (χ1v) is 7.76. The van der Waals surface area contributed by atoms with Gasteiger partial charge in [-0.1, -0.05) is 23.2 Å². The molecule has 9 heteroatoms. The summed E-state index contributed by atoms with van der Waals surface area (Å²) >= 11 is 11.5. The number of carbonyl (C=O) groups is 3. The zero-order valence-corrected chi connectivity index (χ0v) is 14.5. The Morgan fingerprint density at radius 3 is 2.36 bits per heavy atom. The molecule has 0 unspecified atom stereocenters. The van der Waals surface area contributed by atoms with Crippen LogP contribution >= 0.6 is 23.2 Å². The Morgan fingerprint density at radius 2 is 1.80 bits per heavy atom. The van der Waals surface area contributed by atoms with E-state index in [0.29, 0.717) is 11.3 Å². The molecule has 0 spiro atoms. The molecule has 2 aromatic rings. The summed E-state index contributed by atoms with van der Waals surface area (Å²) in [5.74, 6) is -1.89. The molecule has 0 saturated carbocycles. The number of pyridine rings is 1. The number of nitrogens with zero attached hydrogens (tertiary/aromatic N) is 1. The Morgan fingerprint density at radius 1 is 1.16 bits per heavy atom. The minimum absolute atomic E-state index is 0.0587. The number of hydrogen-bond acceptors (Lipinski definition) is 5. The van der Waals surface area contributed by atoms with E-state index in [0.717, 1.165) is 0 Å². The number of carbonyl (C=O) groups excluding carboxylic acids is 3. The number of benzene rings is 1. The third-order valence-corrected chi connectivity index (χ3v) is 3.81. The van der Waals surface area contributed by atoms with Gasteiger partial charge in [0.05, 0.1) is 10.6 Å². The molecule has 2 rings (SSSR count). The number of amides is 2. The third-order valence-electron chi connectivity index (χ3n) is 3.12. The number of ether oxygens (including phenoxy) is 1. The first kappa shape index (κ1) is 18.7. The van der Waals surface area contributed by atoms with Crippen molar-refractivity contribution in [1.29, 1.82) is 0 Å². The Labute approximate surface area is 153 Å². The number of rotatable bonds is 5. The van der Waals surface area contributed by atoms with Crippen LogP contribution in [0.15, 0.2) is 36.5 Å². The van der Waals surface area contributed by atoms with Crippen molar-refractivity contribution in [3.63, 3.8) is 0 Å². The highest BCUT2D eigenvalue weighted by atomic mass is 35.5. The predicted octanol–water partition coefficient (Wildman–Crippen LogP) is 2.67. The molecule has 0 aliphatic heterocycles. The van der Waals surface area contributed by atoms with Gasteiger partial charge in [0, 0.05) is 17.4 Å². The van der Waals surface area contributed by atoms with Crippen LogP contribution in [0.5, 0.6) is 0 Å². The van der Waals surface area contributed by atoms with Crippen LogP contribution in [0.4, 0.5) is 5.69 Å². The van der Waals surface area contributed by atoms with Crippen molar-refractivity contribution < 1.29 is 19.1 Å². The van der Waals surface area contributed by atoms with Crippen molar-refractivity contribution in [1.82, 2.24) is 4.98 Å². The first-order valence-electron chi connectivity index (χ1n) is 7.00. The van der Waals surface area contributed by atoms with E-state index in [1.165, 1.54) is 43.5 Å². The van der Waals surface area contributed by atoms with Crippen molar-refractivity contribution in [3.05, 3.63) is 57.8 Å². The highest BCUT2D eigenvalue weighted by molar-refractivity contribution is 6.41. The van der Waals surface area contributed by atoms with Crippen LogP contribution in [0.25, 0.3) is 0 Å². The zero-order chi connectivity index (χ0) is 18.6. The van der Waals surface area contributed by atoms with Crippen LogP contribution in [0.1, 0.15) is 27.6 Å². The van der Waals surface area contributed by atoms with Crippen LogP contribution in [-0.4, -0.2) is 28.9 Å². The molecule has 1 heterocycles. The van der Waals surface area contributed by atoms with E-state index in [9.17, 15) is 14.4 Å². The maximum atomic E-state index is 12.1. The van der Waals surface area contributed by atoms with Gasteiger partial charge in [0.2, 0.25) is 5.91 Å². The van der Waals surface area contributed by atoms with Gasteiger partial charge < -0.3 is 15.8 Å². The lowest BCUT2D eigenvalue weighted by atomic mass is 10.2. The third kappa shape index (κ3) is 4.91. The van der Waals surface area contributed by atoms with Gasteiger partial charge in [-0.15, -0.1) is 0 Å². The minimum atomic E-state index is -1.07. The standard InChI is InChI=1S/C16H13Cl2N3O4/c1-8(25-16(24)10-6-12(17)13(18)20-7-10)15(23)21-11-4-2-9(3-5-11)14(19)22/h2-8H,1H3,(H2,19,22)(H,21,23)/t8-/m0/s1. The van der Waals surface area contributed by atoms with Gasteiger partial charge in [0.15, 0.2) is 6.10 Å². The second kappa shape index (κ2) is 7.96. The van der Waals surface area contributed by atoms with Gasteiger partial charge in [-0.05, 0) is 37.3 Å². The molecule has 0 fully saturated rings. The maximum Gasteiger partial charge on any atom is 0.340 e. The summed E-state index contributed by atoms with van der Waals surface area (Å²) in [6.45, 7) is 1.41. The van der Waals surface area contributed by atoms with Crippen LogP contribution < -0.4 is 11.1 Å². The SMILES string of the molecule is C[C@H](OC(=O)c1cnc(Cl)c(Cl)c1)C(=O)Nc1ccc(C(N)=O)cc1. The van der Waals surface area contributed by atoms with Gasteiger partial charge in [-0.2, -0.15) is 0 Å². The molecular weight excluding hydrogens is 369 g/mol. The average Bonchev–Trinajstić information content (AvgIpc) is 2.57. The molecule has 0 aliphatic rings. The number of halogens is 2. The van der Waals surface area contributed by atoms with Gasteiger partial charge >= 0.3 is 5.97 Å². The van der Waals surface area contributed by atoms with E-state index < -0.39 is 23.9 Å². The smallest absolute Gasteiger partial charge is 0.340 e. The Hall–Kier alpha value is -2.64. The van der Waals surface area contributed by atoms with Gasteiger partial charge in [-0.25, -0.2) is 9.78 Å². The molecule has 3 N–H and O–H groups in total. The Balaban J connectivity index is 1.98. The Kier molecular flexibility index (Phi) is 5.95. The lowest BCUT2D eigenvalue weighted by Crippen LogP contribution is -2.30. The number of hydrogen-bond donors (Lipinski definition) is 2. The largest absolute Gasteiger partial charge is 0.449 e. The highest BCUT2D eigenvalue weighted by Crippen LogP contribution is 2.20. The van der Waals surface area contributed by atoms with Crippen molar-refractivity contribution >= 4 is 46.7 Å². The summed E-state index contributed by atoms with van der Waals surface area (Å²) in [4.78, 5) is 38.8. The fraction of sp³-hybridized carbons (Fsp3) is 0.125. The molecule has 1 aromatic heterocycles. The van der Waals surface area contributed by atoms with Crippen molar-refractivity contribution in [2.45, 2.75) is 13.0 Å². The average molecular weight is 382 g/mol. The second-order valence-electron chi connectivity index (χ2n) is 4.98. The molecule has 0 saturated heterocycles. The van der Waals surface area contributed by atoms with E-state index >= 15 is 0 Å². The van der Waals surface area contributed by atoms with Crippen LogP contribution in [0, 0.1) is 0 Å². The first-order chi connectivity index (χ1) is 11.8. The van der Waals surface area contributed by atoms with Crippen LogP contribution in [-0.2, 0) is 9.53 Å². The topological polar surface area (TPSA) is 111 Å². The molecule has 0 radical (unpaired) electrons. The van der Waals surface area contributed by atoms with E-state index in [-0.39, 0.29) is 15.7 Å². The van der Waals surface area contributed by atoms with Crippen molar-refractivity contribution in [2.75, 3.05) is 5.32 Å². The molecule has 0 aliphatic carbocycles. The fourth-order valence-electron chi connectivity index (χ4n) is 1.78. The van der Waals surface area contributed by atoms with Crippen molar-refractivity contribution in [3.8, 4) is 0 Å². The number of esters is 1. The van der Waals surface area contributed by atoms with E-state index in [2.05, 4.69) is 10.3 Å². The van der Waals surface area contributed by atoms with Crippen molar-refractivity contribution in [2.24, 2.45) is 5.73 Å². The molecule has 130 valence electrons. The maximum absolute atomic E-state index is 12.1. The summed E-state index contributed by atoms with van der Waals surface area (Å²) in [5, 5.41) is 2.71. The zero-order valence-electron chi connectivity index (χ0n) is 13.0. The Bertz CT molecular complexity index is 825. The van der Waals surface area contributed by atoms with Gasteiger partial charge in [0.1, 0.15) is 5.15 Å².